The van der Waals surface area contributed by atoms with E-state index in [0.29, 0.717) is 14.9 Å². The minimum Gasteiger partial charge on any atom is -0.300 e. The van der Waals surface area contributed by atoms with Crippen molar-refractivity contribution in [3.63, 3.8) is 0 Å². The van der Waals surface area contributed by atoms with Gasteiger partial charge < -0.3 is 4.72 Å². The van der Waals surface area contributed by atoms with Crippen LogP contribution in [0.15, 0.2) is 40.6 Å². The van der Waals surface area contributed by atoms with Crippen molar-refractivity contribution >= 4 is 44.6 Å². The summed E-state index contributed by atoms with van der Waals surface area (Å²) in [5.74, 6) is 0. The monoisotopic (exact) mass is 302 g/mol. The van der Waals surface area contributed by atoms with E-state index in [0.717, 1.165) is 11.3 Å². The topological polar surface area (TPSA) is 72.2 Å². The second-order valence-electron chi connectivity index (χ2n) is 3.23. The Kier molecular flexibility index (Phi) is 3.95. The quantitative estimate of drug-likeness (QED) is 0.694. The van der Waals surface area contributed by atoms with Crippen LogP contribution in [0.2, 0.25) is 5.02 Å². The fourth-order valence-corrected chi connectivity index (χ4v) is 3.19. The maximum atomic E-state index is 11.9. The highest BCUT2D eigenvalue weighted by Crippen LogP contribution is 2.27. The summed E-state index contributed by atoms with van der Waals surface area (Å²) >= 11 is 6.61. The molecule has 0 fully saturated rings. The molecule has 0 saturated carbocycles. The molecule has 1 aromatic heterocycles. The molecule has 0 spiro atoms. The van der Waals surface area contributed by atoms with Crippen molar-refractivity contribution in [3.05, 3.63) is 51.5 Å². The Morgan fingerprint density at radius 3 is 2.44 bits per heavy atom. The van der Waals surface area contributed by atoms with Gasteiger partial charge in [0.1, 0.15) is 4.21 Å². The predicted octanol–water partition coefficient (Wildman–Crippen LogP) is 3.44. The average molecular weight is 303 g/mol. The predicted molar refractivity (Wildman–Crippen MR) is 72.5 cm³/mol. The lowest BCUT2D eigenvalue weighted by Crippen LogP contribution is -2.02. The molecule has 1 unspecified atom stereocenters. The molecule has 0 amide bonds. The van der Waals surface area contributed by atoms with Gasteiger partial charge in [0.25, 0.3) is 0 Å². The lowest BCUT2D eigenvalue weighted by Gasteiger charge is -2.03. The number of thiophene rings is 1. The van der Waals surface area contributed by atoms with Gasteiger partial charge in [0.2, 0.25) is 0 Å². The minimum absolute atomic E-state index is 0.0312. The SMILES string of the molecule is O=[N+]([O-])c1ccc(S(=O)Nc2ccc(Cl)cc2)s1. The first-order valence-corrected chi connectivity index (χ1v) is 7.09. The van der Waals surface area contributed by atoms with Gasteiger partial charge in [0.05, 0.1) is 4.92 Å². The van der Waals surface area contributed by atoms with Crippen LogP contribution in [0.4, 0.5) is 10.7 Å². The summed E-state index contributed by atoms with van der Waals surface area (Å²) in [6, 6.07) is 9.50. The van der Waals surface area contributed by atoms with Gasteiger partial charge in [0.15, 0.2) is 11.0 Å². The zero-order valence-electron chi connectivity index (χ0n) is 8.83. The van der Waals surface area contributed by atoms with E-state index in [9.17, 15) is 14.3 Å². The van der Waals surface area contributed by atoms with Crippen molar-refractivity contribution in [2.75, 3.05) is 4.72 Å². The van der Waals surface area contributed by atoms with Gasteiger partial charge >= 0.3 is 5.00 Å². The van der Waals surface area contributed by atoms with Gasteiger partial charge in [-0.05, 0) is 30.3 Å². The van der Waals surface area contributed by atoms with E-state index in [1.165, 1.54) is 12.1 Å². The van der Waals surface area contributed by atoms with Crippen LogP contribution >= 0.6 is 22.9 Å². The second-order valence-corrected chi connectivity index (χ2v) is 6.17. The number of nitrogens with one attached hydrogen (secondary N) is 1. The van der Waals surface area contributed by atoms with Gasteiger partial charge in [-0.2, -0.15) is 0 Å². The molecule has 94 valence electrons. The van der Waals surface area contributed by atoms with Crippen LogP contribution in [-0.2, 0) is 11.0 Å². The minimum atomic E-state index is -1.52. The Bertz CT molecular complexity index is 597. The zero-order chi connectivity index (χ0) is 13.1. The molecule has 5 nitrogen and oxygen atoms in total. The van der Waals surface area contributed by atoms with Gasteiger partial charge in [-0.15, -0.1) is 0 Å². The first kappa shape index (κ1) is 13.0. The Morgan fingerprint density at radius 2 is 1.89 bits per heavy atom. The van der Waals surface area contributed by atoms with Crippen molar-refractivity contribution in [2.24, 2.45) is 0 Å². The smallest absolute Gasteiger partial charge is 0.300 e. The van der Waals surface area contributed by atoms with E-state index in [4.69, 9.17) is 11.6 Å². The highest BCUT2D eigenvalue weighted by molar-refractivity contribution is 7.88. The number of nitro groups is 1. The van der Waals surface area contributed by atoms with Crippen LogP contribution in [0, 0.1) is 10.1 Å². The zero-order valence-corrected chi connectivity index (χ0v) is 11.2. The molecule has 0 saturated heterocycles. The van der Waals surface area contributed by atoms with Crippen LogP contribution in [0.5, 0.6) is 0 Å². The van der Waals surface area contributed by atoms with Crippen LogP contribution < -0.4 is 4.72 Å². The summed E-state index contributed by atoms with van der Waals surface area (Å²) in [7, 11) is -1.52. The summed E-state index contributed by atoms with van der Waals surface area (Å²) in [5, 5.41) is 11.1. The van der Waals surface area contributed by atoms with Gasteiger partial charge in [-0.25, -0.2) is 4.21 Å². The fourth-order valence-electron chi connectivity index (χ4n) is 1.18. The number of hydrogen-bond donors (Lipinski definition) is 1. The normalized spacial score (nSPS) is 12.1. The van der Waals surface area contributed by atoms with Crippen LogP contribution in [0.3, 0.4) is 0 Å². The molecule has 8 heteroatoms. The first-order valence-electron chi connectivity index (χ1n) is 4.74. The molecular formula is C10H7ClN2O3S2. The summed E-state index contributed by atoms with van der Waals surface area (Å²) in [6.07, 6.45) is 0. The van der Waals surface area contributed by atoms with Crippen molar-refractivity contribution in [1.29, 1.82) is 0 Å². The van der Waals surface area contributed by atoms with Crippen molar-refractivity contribution in [3.8, 4) is 0 Å². The molecule has 2 aromatic rings. The summed E-state index contributed by atoms with van der Waals surface area (Å²) in [4.78, 5) is 10.0. The number of halogens is 1. The Morgan fingerprint density at radius 1 is 1.22 bits per heavy atom. The van der Waals surface area contributed by atoms with Crippen molar-refractivity contribution in [1.82, 2.24) is 0 Å². The first-order chi connectivity index (χ1) is 8.56. The third-order valence-corrected chi connectivity index (χ3v) is 4.69. The fraction of sp³-hybridized carbons (Fsp3) is 0. The molecule has 1 N–H and O–H groups in total. The number of benzene rings is 1. The standard InChI is InChI=1S/C10H7ClN2O3S2/c11-7-1-3-8(4-2-7)12-18(16)10-6-5-9(17-10)13(14)15/h1-6,12H. The molecule has 0 bridgehead atoms. The van der Waals surface area contributed by atoms with E-state index in [2.05, 4.69) is 4.72 Å². The van der Waals surface area contributed by atoms with E-state index in [1.807, 2.05) is 0 Å². The van der Waals surface area contributed by atoms with Gasteiger partial charge in [-0.3, -0.25) is 10.1 Å². The van der Waals surface area contributed by atoms with Gasteiger partial charge in [0, 0.05) is 16.8 Å². The lowest BCUT2D eigenvalue weighted by molar-refractivity contribution is -0.380. The number of nitrogens with zero attached hydrogens (tertiary/aromatic N) is 1. The van der Waals surface area contributed by atoms with E-state index in [1.54, 1.807) is 24.3 Å². The summed E-state index contributed by atoms with van der Waals surface area (Å²) < 4.78 is 15.0. The molecule has 2 rings (SSSR count). The Hall–Kier alpha value is -1.44. The third kappa shape index (κ3) is 3.06. The van der Waals surface area contributed by atoms with Crippen LogP contribution in [0.25, 0.3) is 0 Å². The van der Waals surface area contributed by atoms with Crippen molar-refractivity contribution < 1.29 is 9.13 Å². The molecule has 18 heavy (non-hydrogen) atoms. The Labute approximate surface area is 114 Å². The van der Waals surface area contributed by atoms with E-state index < -0.39 is 15.9 Å². The highest BCUT2D eigenvalue weighted by atomic mass is 35.5. The van der Waals surface area contributed by atoms with E-state index in [-0.39, 0.29) is 5.00 Å². The van der Waals surface area contributed by atoms with Crippen molar-refractivity contribution in [2.45, 2.75) is 4.21 Å². The van der Waals surface area contributed by atoms with Gasteiger partial charge in [-0.1, -0.05) is 22.9 Å². The average Bonchev–Trinajstić information content (AvgIpc) is 2.81. The Balaban J connectivity index is 2.11. The molecule has 0 aliphatic carbocycles. The molecule has 1 heterocycles. The lowest BCUT2D eigenvalue weighted by atomic mass is 10.3. The molecule has 0 radical (unpaired) electrons. The summed E-state index contributed by atoms with van der Waals surface area (Å²) in [6.45, 7) is 0. The highest BCUT2D eigenvalue weighted by Gasteiger charge is 2.14. The number of anilines is 1. The number of hydrogen-bond acceptors (Lipinski definition) is 4. The third-order valence-electron chi connectivity index (χ3n) is 1.98. The van der Waals surface area contributed by atoms with Crippen LogP contribution in [0.1, 0.15) is 0 Å². The molecule has 1 atom stereocenters. The summed E-state index contributed by atoms with van der Waals surface area (Å²) in [5.41, 5.74) is 0.633. The largest absolute Gasteiger partial charge is 0.325 e. The second kappa shape index (κ2) is 5.47. The number of rotatable bonds is 4. The molecule has 1 aromatic carbocycles. The molecular weight excluding hydrogens is 296 g/mol. The maximum Gasteiger partial charge on any atom is 0.325 e. The van der Waals surface area contributed by atoms with Crippen LogP contribution in [-0.4, -0.2) is 9.13 Å². The molecule has 0 aliphatic rings. The van der Waals surface area contributed by atoms with E-state index >= 15 is 0 Å². The molecule has 0 aliphatic heterocycles. The maximum absolute atomic E-state index is 11.9.